The Kier molecular flexibility index (Phi) is 6.08. The van der Waals surface area contributed by atoms with Crippen LogP contribution in [0.2, 0.25) is 0 Å². The highest BCUT2D eigenvalue weighted by molar-refractivity contribution is 7.98. The maximum absolute atomic E-state index is 12.7. The van der Waals surface area contributed by atoms with Crippen molar-refractivity contribution in [2.75, 3.05) is 6.26 Å². The Morgan fingerprint density at radius 3 is 2.32 bits per heavy atom. The van der Waals surface area contributed by atoms with E-state index in [4.69, 9.17) is 0 Å². The van der Waals surface area contributed by atoms with E-state index < -0.39 is 0 Å². The molecule has 0 radical (unpaired) electrons. The normalized spacial score (nSPS) is 12.2. The molecule has 2 aromatic carbocycles. The molecule has 116 valence electrons. The second-order valence-electron chi connectivity index (χ2n) is 5.77. The van der Waals surface area contributed by atoms with Crippen LogP contribution in [0.1, 0.15) is 42.2 Å². The average molecular weight is 313 g/mol. The third-order valence-electron chi connectivity index (χ3n) is 3.57. The van der Waals surface area contributed by atoms with Gasteiger partial charge in [-0.25, -0.2) is 0 Å². The van der Waals surface area contributed by atoms with Gasteiger partial charge in [-0.2, -0.15) is 0 Å². The Morgan fingerprint density at radius 2 is 1.68 bits per heavy atom. The molecule has 0 aliphatic rings. The van der Waals surface area contributed by atoms with Crippen LogP contribution in [0.3, 0.4) is 0 Å². The summed E-state index contributed by atoms with van der Waals surface area (Å²) in [5.74, 6) is 0.515. The maximum atomic E-state index is 12.7. The molecule has 1 unspecified atom stereocenters. The molecular formula is C19H23NOS. The molecule has 0 aliphatic carbocycles. The van der Waals surface area contributed by atoms with Gasteiger partial charge >= 0.3 is 0 Å². The van der Waals surface area contributed by atoms with Crippen molar-refractivity contribution in [2.45, 2.75) is 31.2 Å². The van der Waals surface area contributed by atoms with E-state index in [0.717, 1.165) is 22.4 Å². The summed E-state index contributed by atoms with van der Waals surface area (Å²) >= 11 is 1.60. The molecule has 1 N–H and O–H groups in total. The molecule has 0 fully saturated rings. The molecule has 0 aromatic heterocycles. The maximum Gasteiger partial charge on any atom is 0.252 e. The van der Waals surface area contributed by atoms with E-state index in [2.05, 4.69) is 31.3 Å². The zero-order chi connectivity index (χ0) is 15.9. The topological polar surface area (TPSA) is 29.1 Å². The first-order valence-electron chi connectivity index (χ1n) is 7.60. The number of hydrogen-bond acceptors (Lipinski definition) is 2. The molecule has 0 spiro atoms. The van der Waals surface area contributed by atoms with Gasteiger partial charge in [-0.05, 0) is 36.3 Å². The van der Waals surface area contributed by atoms with Crippen molar-refractivity contribution in [3.05, 3.63) is 65.7 Å². The number of benzene rings is 2. The molecule has 1 atom stereocenters. The van der Waals surface area contributed by atoms with Gasteiger partial charge in [0.2, 0.25) is 0 Å². The van der Waals surface area contributed by atoms with Crippen LogP contribution in [0.15, 0.2) is 59.5 Å². The minimum absolute atomic E-state index is 0.000506. The van der Waals surface area contributed by atoms with Crippen molar-refractivity contribution in [1.82, 2.24) is 5.32 Å². The third kappa shape index (κ3) is 4.38. The quantitative estimate of drug-likeness (QED) is 0.766. The molecule has 0 aliphatic heterocycles. The van der Waals surface area contributed by atoms with Gasteiger partial charge in [0.25, 0.3) is 5.91 Å². The van der Waals surface area contributed by atoms with Gasteiger partial charge in [-0.3, -0.25) is 4.79 Å². The number of carbonyl (C=O) groups is 1. The zero-order valence-electron chi connectivity index (χ0n) is 13.4. The molecular weight excluding hydrogens is 290 g/mol. The first kappa shape index (κ1) is 16.6. The summed E-state index contributed by atoms with van der Waals surface area (Å²) in [5.41, 5.74) is 1.91. The molecule has 0 saturated heterocycles. The van der Waals surface area contributed by atoms with Crippen LogP contribution in [0, 0.1) is 5.92 Å². The second-order valence-corrected chi connectivity index (χ2v) is 6.61. The van der Waals surface area contributed by atoms with Crippen molar-refractivity contribution >= 4 is 17.7 Å². The van der Waals surface area contributed by atoms with Crippen molar-refractivity contribution in [1.29, 1.82) is 0 Å². The van der Waals surface area contributed by atoms with Crippen molar-refractivity contribution in [3.8, 4) is 0 Å². The third-order valence-corrected chi connectivity index (χ3v) is 4.36. The van der Waals surface area contributed by atoms with Crippen LogP contribution < -0.4 is 5.32 Å². The standard InChI is InChI=1S/C19H23NOS/c1-14(2)13-17(15-9-5-4-6-10-15)20-19(21)16-11-7-8-12-18(16)22-3/h4-12,14,17H,13H2,1-3H3,(H,20,21). The van der Waals surface area contributed by atoms with Crippen molar-refractivity contribution in [3.63, 3.8) is 0 Å². The van der Waals surface area contributed by atoms with E-state index in [1.165, 1.54) is 0 Å². The molecule has 1 amide bonds. The molecule has 2 nitrogen and oxygen atoms in total. The number of thioether (sulfide) groups is 1. The van der Waals surface area contributed by atoms with Gasteiger partial charge in [-0.15, -0.1) is 11.8 Å². The summed E-state index contributed by atoms with van der Waals surface area (Å²) in [6.45, 7) is 4.36. The zero-order valence-corrected chi connectivity index (χ0v) is 14.2. The molecule has 0 heterocycles. The minimum Gasteiger partial charge on any atom is -0.345 e. The monoisotopic (exact) mass is 313 g/mol. The van der Waals surface area contributed by atoms with Crippen LogP contribution in [0.5, 0.6) is 0 Å². The lowest BCUT2D eigenvalue weighted by Crippen LogP contribution is -2.29. The van der Waals surface area contributed by atoms with Crippen LogP contribution in [0.25, 0.3) is 0 Å². The fraction of sp³-hybridized carbons (Fsp3) is 0.316. The lowest BCUT2D eigenvalue weighted by Gasteiger charge is -2.21. The molecule has 0 bridgehead atoms. The number of amides is 1. The van der Waals surface area contributed by atoms with Crippen molar-refractivity contribution in [2.24, 2.45) is 5.92 Å². The van der Waals surface area contributed by atoms with Gasteiger partial charge in [0.15, 0.2) is 0 Å². The predicted molar refractivity (Wildman–Crippen MR) is 94.3 cm³/mol. The highest BCUT2D eigenvalue weighted by Crippen LogP contribution is 2.24. The predicted octanol–water partition coefficient (Wildman–Crippen LogP) is 4.93. The smallest absolute Gasteiger partial charge is 0.252 e. The first-order valence-corrected chi connectivity index (χ1v) is 8.83. The molecule has 2 aromatic rings. The number of hydrogen-bond donors (Lipinski definition) is 1. The highest BCUT2D eigenvalue weighted by atomic mass is 32.2. The Labute approximate surface area is 137 Å². The lowest BCUT2D eigenvalue weighted by molar-refractivity contribution is 0.0929. The fourth-order valence-electron chi connectivity index (χ4n) is 2.50. The van der Waals surface area contributed by atoms with Gasteiger partial charge < -0.3 is 5.32 Å². The number of nitrogens with one attached hydrogen (secondary N) is 1. The van der Waals surface area contributed by atoms with Gasteiger partial charge in [0, 0.05) is 4.90 Å². The lowest BCUT2D eigenvalue weighted by atomic mass is 9.96. The van der Waals surface area contributed by atoms with E-state index in [1.54, 1.807) is 11.8 Å². The Morgan fingerprint density at radius 1 is 1.05 bits per heavy atom. The summed E-state index contributed by atoms with van der Waals surface area (Å²) in [4.78, 5) is 13.7. The van der Waals surface area contributed by atoms with Crippen LogP contribution in [-0.4, -0.2) is 12.2 Å². The summed E-state index contributed by atoms with van der Waals surface area (Å²) in [6, 6.07) is 18.0. The minimum atomic E-state index is -0.000506. The average Bonchev–Trinajstić information content (AvgIpc) is 2.54. The van der Waals surface area contributed by atoms with Crippen LogP contribution in [0.4, 0.5) is 0 Å². The highest BCUT2D eigenvalue weighted by Gasteiger charge is 2.18. The molecule has 3 heteroatoms. The summed E-state index contributed by atoms with van der Waals surface area (Å²) in [7, 11) is 0. The number of carbonyl (C=O) groups excluding carboxylic acids is 1. The van der Waals surface area contributed by atoms with Gasteiger partial charge in [-0.1, -0.05) is 56.3 Å². The molecule has 0 saturated carbocycles. The first-order chi connectivity index (χ1) is 10.6. The van der Waals surface area contributed by atoms with Crippen LogP contribution in [-0.2, 0) is 0 Å². The van der Waals surface area contributed by atoms with E-state index >= 15 is 0 Å². The van der Waals surface area contributed by atoms with Gasteiger partial charge in [0.05, 0.1) is 11.6 Å². The summed E-state index contributed by atoms with van der Waals surface area (Å²) in [6.07, 6.45) is 2.92. The van der Waals surface area contributed by atoms with E-state index in [9.17, 15) is 4.79 Å². The largest absolute Gasteiger partial charge is 0.345 e. The SMILES string of the molecule is CSc1ccccc1C(=O)NC(CC(C)C)c1ccccc1. The van der Waals surface area contributed by atoms with Crippen LogP contribution >= 0.6 is 11.8 Å². The fourth-order valence-corrected chi connectivity index (χ4v) is 3.10. The van der Waals surface area contributed by atoms with E-state index in [1.807, 2.05) is 48.7 Å². The van der Waals surface area contributed by atoms with E-state index in [-0.39, 0.29) is 11.9 Å². The van der Waals surface area contributed by atoms with E-state index in [0.29, 0.717) is 5.92 Å². The van der Waals surface area contributed by atoms with Crippen molar-refractivity contribution < 1.29 is 4.79 Å². The number of rotatable bonds is 6. The summed E-state index contributed by atoms with van der Waals surface area (Å²) < 4.78 is 0. The molecule has 22 heavy (non-hydrogen) atoms. The Bertz CT molecular complexity index is 610. The van der Waals surface area contributed by atoms with Gasteiger partial charge in [0.1, 0.15) is 0 Å². The Hall–Kier alpha value is -1.74. The second kappa shape index (κ2) is 8.04. The molecule has 2 rings (SSSR count). The Balaban J connectivity index is 2.21. The summed E-state index contributed by atoms with van der Waals surface area (Å²) in [5, 5.41) is 3.20.